The zero-order valence-corrected chi connectivity index (χ0v) is 16.6. The Morgan fingerprint density at radius 1 is 1.30 bits per heavy atom. The molecule has 0 bridgehead atoms. The number of amides is 2. The third kappa shape index (κ3) is 5.08. The van der Waals surface area contributed by atoms with Crippen LogP contribution in [0.2, 0.25) is 0 Å². The highest BCUT2D eigenvalue weighted by molar-refractivity contribution is 5.74. The van der Waals surface area contributed by atoms with Crippen molar-refractivity contribution in [2.75, 3.05) is 13.1 Å². The van der Waals surface area contributed by atoms with Gasteiger partial charge in [-0.1, -0.05) is 38.0 Å². The Hall–Kier alpha value is -2.38. The van der Waals surface area contributed by atoms with Crippen molar-refractivity contribution in [1.82, 2.24) is 25.5 Å². The quantitative estimate of drug-likeness (QED) is 0.830. The molecule has 3 rings (SSSR count). The number of hydrogen-bond acceptors (Lipinski definition) is 6. The van der Waals surface area contributed by atoms with Crippen molar-refractivity contribution in [2.24, 2.45) is 5.92 Å². The zero-order valence-electron chi connectivity index (χ0n) is 16.6. The van der Waals surface area contributed by atoms with Crippen LogP contribution in [0.15, 0.2) is 15.1 Å². The second kappa shape index (κ2) is 8.54. The lowest BCUT2D eigenvalue weighted by Gasteiger charge is -2.30. The normalized spacial score (nSPS) is 17.7. The first-order valence-electron chi connectivity index (χ1n) is 9.73. The molecule has 1 aliphatic heterocycles. The van der Waals surface area contributed by atoms with Crippen LogP contribution in [0, 0.1) is 5.92 Å². The van der Waals surface area contributed by atoms with Crippen molar-refractivity contribution in [1.29, 1.82) is 0 Å². The summed E-state index contributed by atoms with van der Waals surface area (Å²) in [7, 11) is 0. The van der Waals surface area contributed by atoms with Gasteiger partial charge in [0.05, 0.1) is 12.5 Å². The molecule has 0 spiro atoms. The summed E-state index contributed by atoms with van der Waals surface area (Å²) in [5.41, 5.74) is 0.732. The Morgan fingerprint density at radius 2 is 2.11 bits per heavy atom. The largest absolute Gasteiger partial charge is 0.361 e. The number of hydrogen-bond donors (Lipinski definition) is 1. The molecule has 2 aromatic rings. The zero-order chi connectivity index (χ0) is 19.4. The van der Waals surface area contributed by atoms with Gasteiger partial charge in [-0.15, -0.1) is 0 Å². The number of rotatable bonds is 6. The molecule has 0 aliphatic carbocycles. The predicted molar refractivity (Wildman–Crippen MR) is 99.2 cm³/mol. The molecule has 8 heteroatoms. The summed E-state index contributed by atoms with van der Waals surface area (Å²) in [5.74, 6) is 3.06. The van der Waals surface area contributed by atoms with Crippen LogP contribution in [-0.4, -0.2) is 39.3 Å². The fraction of sp³-hybridized carbons (Fsp3) is 0.684. The number of urea groups is 1. The number of nitrogens with zero attached hydrogens (tertiary/aromatic N) is 4. The van der Waals surface area contributed by atoms with Gasteiger partial charge in [0.15, 0.2) is 5.82 Å². The number of carbonyl (C=O) groups excluding carboxylic acids is 1. The summed E-state index contributed by atoms with van der Waals surface area (Å²) < 4.78 is 10.7. The molecule has 0 saturated carbocycles. The molecule has 27 heavy (non-hydrogen) atoms. The summed E-state index contributed by atoms with van der Waals surface area (Å²) in [6, 6.07) is 1.79. The first-order valence-corrected chi connectivity index (χ1v) is 9.73. The van der Waals surface area contributed by atoms with Crippen molar-refractivity contribution in [3.8, 4) is 0 Å². The van der Waals surface area contributed by atoms with Crippen LogP contribution in [0.5, 0.6) is 0 Å². The van der Waals surface area contributed by atoms with Gasteiger partial charge in [-0.3, -0.25) is 0 Å². The number of piperidine rings is 1. The van der Waals surface area contributed by atoms with Gasteiger partial charge in [0, 0.05) is 31.5 Å². The van der Waals surface area contributed by atoms with E-state index in [0.717, 1.165) is 43.1 Å². The molecule has 1 fully saturated rings. The lowest BCUT2D eigenvalue weighted by molar-refractivity contribution is 0.171. The Kier molecular flexibility index (Phi) is 6.13. The van der Waals surface area contributed by atoms with Crippen LogP contribution >= 0.6 is 0 Å². The average Bonchev–Trinajstić information content (AvgIpc) is 3.29. The highest BCUT2D eigenvalue weighted by Crippen LogP contribution is 2.26. The molecule has 1 N–H and O–H groups in total. The van der Waals surface area contributed by atoms with Crippen molar-refractivity contribution in [3.63, 3.8) is 0 Å². The van der Waals surface area contributed by atoms with Crippen LogP contribution in [-0.2, 0) is 13.0 Å². The molecule has 1 saturated heterocycles. The minimum atomic E-state index is -0.101. The Morgan fingerprint density at radius 3 is 2.81 bits per heavy atom. The molecule has 148 valence electrons. The van der Waals surface area contributed by atoms with Crippen LogP contribution in [0.25, 0.3) is 0 Å². The van der Waals surface area contributed by atoms with E-state index in [1.807, 2.05) is 24.8 Å². The molecular weight excluding hydrogens is 346 g/mol. The lowest BCUT2D eigenvalue weighted by atomic mass is 9.98. The van der Waals surface area contributed by atoms with Crippen molar-refractivity contribution < 1.29 is 13.8 Å². The van der Waals surface area contributed by atoms with E-state index >= 15 is 0 Å². The molecular formula is C19H29N5O3. The smallest absolute Gasteiger partial charge is 0.317 e. The summed E-state index contributed by atoms with van der Waals surface area (Å²) >= 11 is 0. The molecule has 1 aliphatic rings. The predicted octanol–water partition coefficient (Wildman–Crippen LogP) is 3.47. The second-order valence-corrected chi connectivity index (χ2v) is 7.97. The van der Waals surface area contributed by atoms with Crippen LogP contribution < -0.4 is 5.32 Å². The molecule has 0 radical (unpaired) electrons. The standard InChI is InChI=1S/C19H29N5O3/c1-12(2)8-17-21-18(27-23-17)14-6-5-7-24(11-14)19(25)20-10-15-9-16(13(3)4)26-22-15/h9,12-14H,5-8,10-11H2,1-4H3,(H,20,25)/t14-/m0/s1. The van der Waals surface area contributed by atoms with E-state index in [1.165, 1.54) is 0 Å². The van der Waals surface area contributed by atoms with Gasteiger partial charge in [-0.25, -0.2) is 4.79 Å². The monoisotopic (exact) mass is 375 g/mol. The van der Waals surface area contributed by atoms with E-state index in [1.54, 1.807) is 0 Å². The minimum Gasteiger partial charge on any atom is -0.361 e. The number of nitrogens with one attached hydrogen (secondary N) is 1. The van der Waals surface area contributed by atoms with Gasteiger partial charge in [0.2, 0.25) is 5.89 Å². The van der Waals surface area contributed by atoms with Gasteiger partial charge in [0.25, 0.3) is 0 Å². The average molecular weight is 375 g/mol. The Bertz CT molecular complexity index is 752. The maximum atomic E-state index is 12.5. The van der Waals surface area contributed by atoms with E-state index in [0.29, 0.717) is 24.9 Å². The Balaban J connectivity index is 1.53. The first-order chi connectivity index (χ1) is 12.9. The van der Waals surface area contributed by atoms with E-state index in [2.05, 4.69) is 34.5 Å². The van der Waals surface area contributed by atoms with Crippen LogP contribution in [0.1, 0.15) is 75.5 Å². The van der Waals surface area contributed by atoms with Crippen molar-refractivity contribution in [2.45, 2.75) is 65.3 Å². The maximum Gasteiger partial charge on any atom is 0.317 e. The van der Waals surface area contributed by atoms with E-state index in [4.69, 9.17) is 9.05 Å². The van der Waals surface area contributed by atoms with E-state index in [-0.39, 0.29) is 17.9 Å². The number of carbonyl (C=O) groups is 1. The summed E-state index contributed by atoms with van der Waals surface area (Å²) in [5, 5.41) is 11.0. The summed E-state index contributed by atoms with van der Waals surface area (Å²) in [6.07, 6.45) is 2.67. The SMILES string of the molecule is CC(C)Cc1noc([C@H]2CCCN(C(=O)NCc3cc(C(C)C)on3)C2)n1. The molecule has 0 unspecified atom stereocenters. The van der Waals surface area contributed by atoms with E-state index < -0.39 is 0 Å². The molecule has 1 atom stereocenters. The third-order valence-electron chi connectivity index (χ3n) is 4.70. The van der Waals surface area contributed by atoms with Gasteiger partial charge >= 0.3 is 6.03 Å². The maximum absolute atomic E-state index is 12.5. The number of aromatic nitrogens is 3. The van der Waals surface area contributed by atoms with Crippen LogP contribution in [0.4, 0.5) is 4.79 Å². The summed E-state index contributed by atoms with van der Waals surface area (Å²) in [6.45, 7) is 10.0. The molecule has 8 nitrogen and oxygen atoms in total. The fourth-order valence-corrected chi connectivity index (χ4v) is 3.21. The third-order valence-corrected chi connectivity index (χ3v) is 4.70. The van der Waals surface area contributed by atoms with E-state index in [9.17, 15) is 4.79 Å². The highest BCUT2D eigenvalue weighted by atomic mass is 16.5. The molecule has 2 aromatic heterocycles. The summed E-state index contributed by atoms with van der Waals surface area (Å²) in [4.78, 5) is 18.9. The second-order valence-electron chi connectivity index (χ2n) is 7.97. The molecule has 3 heterocycles. The molecule has 2 amide bonds. The van der Waals surface area contributed by atoms with Gasteiger partial charge in [0.1, 0.15) is 11.5 Å². The topological polar surface area (TPSA) is 97.3 Å². The highest BCUT2D eigenvalue weighted by Gasteiger charge is 2.28. The van der Waals surface area contributed by atoms with Crippen molar-refractivity contribution in [3.05, 3.63) is 29.2 Å². The minimum absolute atomic E-state index is 0.0949. The van der Waals surface area contributed by atoms with Crippen LogP contribution in [0.3, 0.4) is 0 Å². The van der Waals surface area contributed by atoms with Gasteiger partial charge in [-0.05, 0) is 18.8 Å². The van der Waals surface area contributed by atoms with Gasteiger partial charge in [-0.2, -0.15) is 4.98 Å². The first kappa shape index (κ1) is 19.4. The van der Waals surface area contributed by atoms with Crippen molar-refractivity contribution >= 4 is 6.03 Å². The van der Waals surface area contributed by atoms with Gasteiger partial charge < -0.3 is 19.3 Å². The Labute approximate surface area is 159 Å². The fourth-order valence-electron chi connectivity index (χ4n) is 3.21. The molecule has 0 aromatic carbocycles. The lowest BCUT2D eigenvalue weighted by Crippen LogP contribution is -2.44. The number of likely N-dealkylation sites (tertiary alicyclic amines) is 1.